The zero-order chi connectivity index (χ0) is 12.0. The van der Waals surface area contributed by atoms with E-state index in [2.05, 4.69) is 58.7 Å². The second-order valence-corrected chi connectivity index (χ2v) is 7.55. The Morgan fingerprint density at radius 1 is 1.19 bits per heavy atom. The summed E-state index contributed by atoms with van der Waals surface area (Å²) in [4.78, 5) is 2.24. The molecule has 6 heteroatoms. The van der Waals surface area contributed by atoms with Crippen molar-refractivity contribution >= 4 is 32.4 Å². The monoisotopic (exact) mass is 305 g/mol. The van der Waals surface area contributed by atoms with Gasteiger partial charge in [-0.3, -0.25) is 0 Å². The first kappa shape index (κ1) is 12.3. The van der Waals surface area contributed by atoms with Crippen molar-refractivity contribution in [1.29, 1.82) is 0 Å². The first-order chi connectivity index (χ1) is 7.27. The van der Waals surface area contributed by atoms with Gasteiger partial charge < -0.3 is 9.64 Å². The lowest BCUT2D eigenvalue weighted by molar-refractivity contribution is -0.133. The van der Waals surface area contributed by atoms with Gasteiger partial charge >= 0.3 is 0 Å². The summed E-state index contributed by atoms with van der Waals surface area (Å²) in [6.45, 7) is 10.1. The molecule has 0 amide bonds. The predicted molar refractivity (Wildman–Crippen MR) is 69.1 cm³/mol. The molecule has 0 atom stereocenters. The van der Waals surface area contributed by atoms with Crippen LogP contribution in [0.2, 0.25) is 0 Å². The Bertz CT molecular complexity index is 375. The molecule has 0 radical (unpaired) electrons. The average molecular weight is 306 g/mol. The molecule has 4 nitrogen and oxygen atoms in total. The molecule has 0 saturated carbocycles. The number of hydrogen-bond acceptors (Lipinski definition) is 5. The molecule has 0 aromatic carbocycles. The quantitative estimate of drug-likeness (QED) is 0.799. The normalized spacial score (nSPS) is 23.4. The third kappa shape index (κ3) is 2.73. The maximum atomic E-state index is 6.02. The summed E-state index contributed by atoms with van der Waals surface area (Å²) < 4.78 is 6.85. The van der Waals surface area contributed by atoms with Crippen molar-refractivity contribution in [2.24, 2.45) is 0 Å². The van der Waals surface area contributed by atoms with Gasteiger partial charge in [0.1, 0.15) is 0 Å². The van der Waals surface area contributed by atoms with Crippen LogP contribution in [0.1, 0.15) is 27.7 Å². The number of hydrogen-bond donors (Lipinski definition) is 0. The molecule has 1 fully saturated rings. The molecule has 2 rings (SSSR count). The maximum Gasteiger partial charge on any atom is 0.209 e. The molecular weight excluding hydrogens is 290 g/mol. The van der Waals surface area contributed by atoms with Crippen LogP contribution in [-0.2, 0) is 4.74 Å². The van der Waals surface area contributed by atoms with Crippen LogP contribution in [0.15, 0.2) is 3.92 Å². The lowest BCUT2D eigenvalue weighted by Crippen LogP contribution is -2.57. The molecular formula is C10H16BrN3OS. The molecule has 16 heavy (non-hydrogen) atoms. The van der Waals surface area contributed by atoms with Crippen molar-refractivity contribution in [1.82, 2.24) is 10.2 Å². The second-order valence-electron chi connectivity index (χ2n) is 5.32. The fourth-order valence-electron chi connectivity index (χ4n) is 2.25. The van der Waals surface area contributed by atoms with Crippen LogP contribution < -0.4 is 4.90 Å². The van der Waals surface area contributed by atoms with Crippen molar-refractivity contribution in [2.75, 3.05) is 18.0 Å². The van der Waals surface area contributed by atoms with Gasteiger partial charge in [-0.05, 0) is 43.6 Å². The van der Waals surface area contributed by atoms with Crippen LogP contribution in [0.25, 0.3) is 0 Å². The van der Waals surface area contributed by atoms with E-state index in [1.807, 2.05) is 0 Å². The summed E-state index contributed by atoms with van der Waals surface area (Å²) in [6.07, 6.45) is 0. The van der Waals surface area contributed by atoms with Crippen LogP contribution in [0, 0.1) is 0 Å². The van der Waals surface area contributed by atoms with E-state index in [9.17, 15) is 0 Å². The molecule has 90 valence electrons. The Balaban J connectivity index is 2.22. The van der Waals surface area contributed by atoms with Crippen LogP contribution in [-0.4, -0.2) is 34.5 Å². The van der Waals surface area contributed by atoms with Crippen molar-refractivity contribution in [3.8, 4) is 0 Å². The standard InChI is InChI=1S/C10H16BrN3OS/c1-9(2)5-14(6-10(3,4)15-9)8-13-12-7(11)16-8/h5-6H2,1-4H3. The lowest BCUT2D eigenvalue weighted by atomic mass is 9.99. The first-order valence-electron chi connectivity index (χ1n) is 5.22. The molecule has 0 N–H and O–H groups in total. The predicted octanol–water partition coefficient (Wildman–Crippen LogP) is 2.69. The van der Waals surface area contributed by atoms with Gasteiger partial charge in [0.25, 0.3) is 0 Å². The van der Waals surface area contributed by atoms with Crippen molar-refractivity contribution < 1.29 is 4.74 Å². The molecule has 0 unspecified atom stereocenters. The van der Waals surface area contributed by atoms with Gasteiger partial charge in [0.2, 0.25) is 5.13 Å². The van der Waals surface area contributed by atoms with Crippen molar-refractivity contribution in [3.63, 3.8) is 0 Å². The highest BCUT2D eigenvalue weighted by Gasteiger charge is 2.39. The summed E-state index contributed by atoms with van der Waals surface area (Å²) in [6, 6.07) is 0. The van der Waals surface area contributed by atoms with Gasteiger partial charge in [0, 0.05) is 13.1 Å². The molecule has 1 aromatic rings. The Morgan fingerprint density at radius 3 is 2.19 bits per heavy atom. The number of rotatable bonds is 1. The van der Waals surface area contributed by atoms with Gasteiger partial charge in [-0.1, -0.05) is 11.3 Å². The number of anilines is 1. The van der Waals surface area contributed by atoms with E-state index in [1.165, 1.54) is 0 Å². The van der Waals surface area contributed by atoms with Gasteiger partial charge in [-0.2, -0.15) is 0 Å². The van der Waals surface area contributed by atoms with Crippen LogP contribution in [0.3, 0.4) is 0 Å². The summed E-state index contributed by atoms with van der Waals surface area (Å²) in [5.74, 6) is 0. The molecule has 0 aliphatic carbocycles. The van der Waals surface area contributed by atoms with Crippen molar-refractivity contribution in [3.05, 3.63) is 3.92 Å². The molecule has 0 bridgehead atoms. The Hall–Kier alpha value is -0.200. The van der Waals surface area contributed by atoms with Gasteiger partial charge in [0.05, 0.1) is 11.2 Å². The third-order valence-electron chi connectivity index (χ3n) is 2.36. The van der Waals surface area contributed by atoms with E-state index in [-0.39, 0.29) is 11.2 Å². The number of aromatic nitrogens is 2. The Kier molecular flexibility index (Phi) is 3.01. The largest absolute Gasteiger partial charge is 0.366 e. The highest BCUT2D eigenvalue weighted by Crippen LogP contribution is 2.33. The maximum absolute atomic E-state index is 6.02. The molecule has 1 aromatic heterocycles. The Labute approximate surface area is 108 Å². The highest BCUT2D eigenvalue weighted by molar-refractivity contribution is 9.11. The van der Waals surface area contributed by atoms with Gasteiger partial charge in [-0.25, -0.2) is 0 Å². The molecule has 0 spiro atoms. The molecule has 2 heterocycles. The van der Waals surface area contributed by atoms with E-state index < -0.39 is 0 Å². The van der Waals surface area contributed by atoms with Gasteiger partial charge in [-0.15, -0.1) is 10.2 Å². The molecule has 1 aliphatic rings. The zero-order valence-corrected chi connectivity index (χ0v) is 12.4. The fraction of sp³-hybridized carbons (Fsp3) is 0.800. The minimum Gasteiger partial charge on any atom is -0.366 e. The van der Waals surface area contributed by atoms with E-state index in [4.69, 9.17) is 4.74 Å². The van der Waals surface area contributed by atoms with Crippen molar-refractivity contribution in [2.45, 2.75) is 38.9 Å². The Morgan fingerprint density at radius 2 is 1.75 bits per heavy atom. The topological polar surface area (TPSA) is 38.2 Å². The summed E-state index contributed by atoms with van der Waals surface area (Å²) in [5.41, 5.74) is -0.306. The number of nitrogens with zero attached hydrogens (tertiary/aromatic N) is 3. The van der Waals surface area contributed by atoms with Crippen LogP contribution in [0.5, 0.6) is 0 Å². The van der Waals surface area contributed by atoms with Crippen LogP contribution >= 0.6 is 27.3 Å². The smallest absolute Gasteiger partial charge is 0.209 e. The summed E-state index contributed by atoms with van der Waals surface area (Å²) >= 11 is 4.90. The van der Waals surface area contributed by atoms with Crippen LogP contribution in [0.4, 0.5) is 5.13 Å². The average Bonchev–Trinajstić information content (AvgIpc) is 2.45. The number of morpholine rings is 1. The first-order valence-corrected chi connectivity index (χ1v) is 6.83. The number of halogens is 1. The third-order valence-corrected chi connectivity index (χ3v) is 3.77. The second kappa shape index (κ2) is 3.92. The van der Waals surface area contributed by atoms with E-state index >= 15 is 0 Å². The zero-order valence-electron chi connectivity index (χ0n) is 9.95. The fourth-order valence-corrected chi connectivity index (χ4v) is 3.33. The van der Waals surface area contributed by atoms with Gasteiger partial charge in [0.15, 0.2) is 3.92 Å². The van der Waals surface area contributed by atoms with E-state index in [1.54, 1.807) is 11.3 Å². The molecule has 1 saturated heterocycles. The lowest BCUT2D eigenvalue weighted by Gasteiger charge is -2.46. The minimum atomic E-state index is -0.153. The summed E-state index contributed by atoms with van der Waals surface area (Å²) in [7, 11) is 0. The SMILES string of the molecule is CC1(C)CN(c2nnc(Br)s2)CC(C)(C)O1. The minimum absolute atomic E-state index is 0.153. The summed E-state index contributed by atoms with van der Waals surface area (Å²) in [5, 5.41) is 9.11. The molecule has 1 aliphatic heterocycles. The van der Waals surface area contributed by atoms with E-state index in [0.717, 1.165) is 22.1 Å². The number of ether oxygens (including phenoxy) is 1. The highest BCUT2D eigenvalue weighted by atomic mass is 79.9. The van der Waals surface area contributed by atoms with E-state index in [0.29, 0.717) is 0 Å².